The Labute approximate surface area is 98.2 Å². The number of halogens is 1. The molecule has 1 fully saturated rings. The third kappa shape index (κ3) is 2.09. The molecule has 0 unspecified atom stereocenters. The van der Waals surface area contributed by atoms with Crippen molar-refractivity contribution in [2.45, 2.75) is 32.4 Å². The van der Waals surface area contributed by atoms with Crippen molar-refractivity contribution in [1.29, 1.82) is 0 Å². The summed E-state index contributed by atoms with van der Waals surface area (Å²) >= 11 is 3.40. The van der Waals surface area contributed by atoms with E-state index >= 15 is 0 Å². The van der Waals surface area contributed by atoms with Crippen molar-refractivity contribution < 1.29 is 4.79 Å². The number of hydrogen-bond donors (Lipinski definition) is 0. The summed E-state index contributed by atoms with van der Waals surface area (Å²) in [7, 11) is 1.89. The molecule has 0 spiro atoms. The topological polar surface area (TPSA) is 25.2 Å². The third-order valence-corrected chi connectivity index (χ3v) is 3.27. The van der Waals surface area contributed by atoms with Crippen molar-refractivity contribution in [2.75, 3.05) is 7.05 Å². The molecule has 0 radical (unpaired) electrons. The van der Waals surface area contributed by atoms with Gasteiger partial charge in [-0.3, -0.25) is 4.79 Å². The van der Waals surface area contributed by atoms with Gasteiger partial charge in [-0.1, -0.05) is 0 Å². The molecule has 1 saturated carbocycles. The molecular formula is C11H15BrN2O. The normalized spacial score (nSPS) is 15.4. The average molecular weight is 271 g/mol. The Morgan fingerprint density at radius 3 is 2.87 bits per heavy atom. The number of aromatic nitrogens is 1. The van der Waals surface area contributed by atoms with E-state index in [1.807, 2.05) is 35.7 Å². The summed E-state index contributed by atoms with van der Waals surface area (Å²) in [5.41, 5.74) is 0.777. The molecule has 0 aliphatic heterocycles. The quantitative estimate of drug-likeness (QED) is 0.829. The van der Waals surface area contributed by atoms with Crippen molar-refractivity contribution >= 4 is 21.8 Å². The number of carbonyl (C=O) groups excluding carboxylic acids is 1. The molecule has 1 aromatic heterocycles. The standard InChI is InChI=1S/C11H15BrN2O/c1-3-14-7-8(12)6-10(14)11(15)13(2)9-4-5-9/h6-7,9H,3-5H2,1-2H3. The highest BCUT2D eigenvalue weighted by atomic mass is 79.9. The lowest BCUT2D eigenvalue weighted by Crippen LogP contribution is -2.30. The lowest BCUT2D eigenvalue weighted by molar-refractivity contribution is 0.0774. The first-order chi connectivity index (χ1) is 7.13. The van der Waals surface area contributed by atoms with E-state index in [9.17, 15) is 4.79 Å². The number of nitrogens with zero attached hydrogens (tertiary/aromatic N) is 2. The van der Waals surface area contributed by atoms with Gasteiger partial charge in [0, 0.05) is 30.3 Å². The predicted octanol–water partition coefficient (Wildman–Crippen LogP) is 2.50. The second-order valence-electron chi connectivity index (χ2n) is 3.98. The van der Waals surface area contributed by atoms with E-state index in [-0.39, 0.29) is 5.91 Å². The number of rotatable bonds is 3. The van der Waals surface area contributed by atoms with E-state index in [1.165, 1.54) is 0 Å². The smallest absolute Gasteiger partial charge is 0.270 e. The second-order valence-corrected chi connectivity index (χ2v) is 4.89. The Kier molecular flexibility index (Phi) is 2.87. The van der Waals surface area contributed by atoms with Crippen LogP contribution in [0.2, 0.25) is 0 Å². The summed E-state index contributed by atoms with van der Waals surface area (Å²) < 4.78 is 2.95. The summed E-state index contributed by atoms with van der Waals surface area (Å²) in [6.45, 7) is 2.87. The SMILES string of the molecule is CCn1cc(Br)cc1C(=O)N(C)C1CC1. The van der Waals surface area contributed by atoms with Gasteiger partial charge in [-0.2, -0.15) is 0 Å². The summed E-state index contributed by atoms with van der Waals surface area (Å²) in [4.78, 5) is 14.0. The van der Waals surface area contributed by atoms with Gasteiger partial charge in [-0.05, 0) is 41.8 Å². The molecule has 0 bridgehead atoms. The van der Waals surface area contributed by atoms with Crippen LogP contribution in [-0.4, -0.2) is 28.5 Å². The molecule has 15 heavy (non-hydrogen) atoms. The molecular weight excluding hydrogens is 256 g/mol. The minimum Gasteiger partial charge on any atom is -0.343 e. The maximum atomic E-state index is 12.1. The van der Waals surface area contributed by atoms with Crippen LogP contribution in [0.4, 0.5) is 0 Å². The maximum Gasteiger partial charge on any atom is 0.270 e. The van der Waals surface area contributed by atoms with Crippen LogP contribution in [-0.2, 0) is 6.54 Å². The number of hydrogen-bond acceptors (Lipinski definition) is 1. The van der Waals surface area contributed by atoms with Crippen molar-refractivity contribution in [3.63, 3.8) is 0 Å². The largest absolute Gasteiger partial charge is 0.343 e. The van der Waals surface area contributed by atoms with Gasteiger partial charge in [0.1, 0.15) is 5.69 Å². The van der Waals surface area contributed by atoms with Crippen molar-refractivity contribution in [3.05, 3.63) is 22.4 Å². The molecule has 1 heterocycles. The summed E-state index contributed by atoms with van der Waals surface area (Å²) in [5.74, 6) is 0.130. The highest BCUT2D eigenvalue weighted by Gasteiger charge is 2.31. The minimum atomic E-state index is 0.130. The lowest BCUT2D eigenvalue weighted by atomic mass is 10.3. The van der Waals surface area contributed by atoms with Gasteiger partial charge >= 0.3 is 0 Å². The first kappa shape index (κ1) is 10.7. The van der Waals surface area contributed by atoms with Gasteiger partial charge in [0.2, 0.25) is 0 Å². The van der Waals surface area contributed by atoms with Crippen LogP contribution >= 0.6 is 15.9 Å². The fourth-order valence-corrected chi connectivity index (χ4v) is 2.19. The molecule has 0 N–H and O–H groups in total. The zero-order valence-corrected chi connectivity index (χ0v) is 10.6. The van der Waals surface area contributed by atoms with Gasteiger partial charge < -0.3 is 9.47 Å². The second kappa shape index (κ2) is 4.00. The molecule has 0 aromatic carbocycles. The fraction of sp³-hybridized carbons (Fsp3) is 0.545. The molecule has 82 valence electrons. The molecule has 2 rings (SSSR count). The highest BCUT2D eigenvalue weighted by molar-refractivity contribution is 9.10. The van der Waals surface area contributed by atoms with Crippen LogP contribution in [0, 0.1) is 0 Å². The number of carbonyl (C=O) groups is 1. The van der Waals surface area contributed by atoms with Gasteiger partial charge in [-0.15, -0.1) is 0 Å². The minimum absolute atomic E-state index is 0.130. The van der Waals surface area contributed by atoms with Crippen molar-refractivity contribution in [1.82, 2.24) is 9.47 Å². The van der Waals surface area contributed by atoms with Crippen molar-refractivity contribution in [3.8, 4) is 0 Å². The molecule has 1 aromatic rings. The molecule has 0 saturated heterocycles. The van der Waals surface area contributed by atoms with Crippen LogP contribution in [0.15, 0.2) is 16.7 Å². The molecule has 3 nitrogen and oxygen atoms in total. The van der Waals surface area contributed by atoms with Gasteiger partial charge in [0.15, 0.2) is 0 Å². The predicted molar refractivity (Wildman–Crippen MR) is 62.9 cm³/mol. The Morgan fingerprint density at radius 2 is 2.33 bits per heavy atom. The molecule has 0 atom stereocenters. The van der Waals surface area contributed by atoms with Crippen molar-refractivity contribution in [2.24, 2.45) is 0 Å². The summed E-state index contributed by atoms with van der Waals surface area (Å²) in [5, 5.41) is 0. The first-order valence-corrected chi connectivity index (χ1v) is 6.05. The Hall–Kier alpha value is -0.770. The zero-order valence-electron chi connectivity index (χ0n) is 9.03. The molecule has 1 aliphatic rings. The Morgan fingerprint density at radius 1 is 1.67 bits per heavy atom. The fourth-order valence-electron chi connectivity index (χ4n) is 1.72. The number of amides is 1. The zero-order chi connectivity index (χ0) is 11.0. The van der Waals surface area contributed by atoms with E-state index in [0.29, 0.717) is 6.04 Å². The van der Waals surface area contributed by atoms with E-state index in [4.69, 9.17) is 0 Å². The Balaban J connectivity index is 2.23. The molecule has 4 heteroatoms. The molecule has 1 aliphatic carbocycles. The van der Waals surface area contributed by atoms with E-state index in [2.05, 4.69) is 15.9 Å². The van der Waals surface area contributed by atoms with Crippen LogP contribution in [0.1, 0.15) is 30.3 Å². The van der Waals surface area contributed by atoms with Gasteiger partial charge in [0.05, 0.1) is 0 Å². The van der Waals surface area contributed by atoms with Gasteiger partial charge in [-0.25, -0.2) is 0 Å². The Bertz CT molecular complexity index is 382. The summed E-state index contributed by atoms with van der Waals surface area (Å²) in [6.07, 6.45) is 4.25. The van der Waals surface area contributed by atoms with Crippen LogP contribution in [0.3, 0.4) is 0 Å². The van der Waals surface area contributed by atoms with E-state index in [1.54, 1.807) is 0 Å². The first-order valence-electron chi connectivity index (χ1n) is 5.26. The maximum absolute atomic E-state index is 12.1. The van der Waals surface area contributed by atoms with E-state index < -0.39 is 0 Å². The monoisotopic (exact) mass is 270 g/mol. The third-order valence-electron chi connectivity index (χ3n) is 2.84. The number of aryl methyl sites for hydroxylation is 1. The van der Waals surface area contributed by atoms with Crippen LogP contribution < -0.4 is 0 Å². The van der Waals surface area contributed by atoms with Crippen LogP contribution in [0.5, 0.6) is 0 Å². The molecule has 1 amide bonds. The van der Waals surface area contributed by atoms with Gasteiger partial charge in [0.25, 0.3) is 5.91 Å². The van der Waals surface area contributed by atoms with Crippen LogP contribution in [0.25, 0.3) is 0 Å². The highest BCUT2D eigenvalue weighted by Crippen LogP contribution is 2.27. The van der Waals surface area contributed by atoms with E-state index in [0.717, 1.165) is 29.6 Å². The average Bonchev–Trinajstić information content (AvgIpc) is 2.99. The summed E-state index contributed by atoms with van der Waals surface area (Å²) in [6, 6.07) is 2.36. The lowest BCUT2D eigenvalue weighted by Gasteiger charge is -2.17.